The van der Waals surface area contributed by atoms with Crippen LogP contribution in [-0.2, 0) is 6.54 Å². The first-order chi connectivity index (χ1) is 8.19. The van der Waals surface area contributed by atoms with Crippen molar-refractivity contribution in [3.63, 3.8) is 0 Å². The monoisotopic (exact) mass is 230 g/mol. The molecular formula is C15H22N2. The fourth-order valence-corrected chi connectivity index (χ4v) is 1.87. The highest BCUT2D eigenvalue weighted by Crippen LogP contribution is 2.10. The maximum atomic E-state index is 8.87. The molecular weight excluding hydrogens is 208 g/mol. The van der Waals surface area contributed by atoms with Crippen LogP contribution in [0.15, 0.2) is 24.3 Å². The fourth-order valence-electron chi connectivity index (χ4n) is 1.87. The van der Waals surface area contributed by atoms with E-state index in [9.17, 15) is 0 Å². The maximum Gasteiger partial charge on any atom is 0.0991 e. The first-order valence-electron chi connectivity index (χ1n) is 6.41. The van der Waals surface area contributed by atoms with Crippen molar-refractivity contribution < 1.29 is 0 Å². The van der Waals surface area contributed by atoms with E-state index in [4.69, 9.17) is 5.26 Å². The van der Waals surface area contributed by atoms with E-state index in [2.05, 4.69) is 37.8 Å². The third-order valence-electron chi connectivity index (χ3n) is 3.18. The molecule has 2 heteroatoms. The van der Waals surface area contributed by atoms with Crippen molar-refractivity contribution in [3.8, 4) is 6.07 Å². The van der Waals surface area contributed by atoms with Crippen LogP contribution in [-0.4, -0.2) is 18.0 Å². The van der Waals surface area contributed by atoms with Crippen LogP contribution in [0.3, 0.4) is 0 Å². The molecule has 0 heterocycles. The molecule has 17 heavy (non-hydrogen) atoms. The molecule has 1 atom stereocenters. The molecule has 0 aromatic heterocycles. The van der Waals surface area contributed by atoms with Crippen LogP contribution in [0, 0.1) is 17.2 Å². The van der Waals surface area contributed by atoms with Gasteiger partial charge in [0.25, 0.3) is 0 Å². The lowest BCUT2D eigenvalue weighted by Crippen LogP contribution is -2.27. The summed E-state index contributed by atoms with van der Waals surface area (Å²) in [6.45, 7) is 9.83. The molecule has 1 aromatic carbocycles. The standard InChI is InChI=1S/C15H22N2/c1-4-13(3)11-17(5-2)12-15-8-6-7-14(9-15)10-16/h6-9,13H,4-5,11-12H2,1-3H3. The van der Waals surface area contributed by atoms with E-state index in [1.54, 1.807) is 0 Å². The summed E-state index contributed by atoms with van der Waals surface area (Å²) in [7, 11) is 0. The number of rotatable bonds is 6. The Morgan fingerprint density at radius 2 is 2.12 bits per heavy atom. The lowest BCUT2D eigenvalue weighted by molar-refractivity contribution is 0.238. The first kappa shape index (κ1) is 13.7. The Balaban J connectivity index is 2.64. The molecule has 0 spiro atoms. The third kappa shape index (κ3) is 4.58. The van der Waals surface area contributed by atoms with Gasteiger partial charge in [-0.3, -0.25) is 4.90 Å². The van der Waals surface area contributed by atoms with Crippen LogP contribution < -0.4 is 0 Å². The zero-order valence-electron chi connectivity index (χ0n) is 11.1. The highest BCUT2D eigenvalue weighted by atomic mass is 15.1. The van der Waals surface area contributed by atoms with E-state index in [-0.39, 0.29) is 0 Å². The molecule has 92 valence electrons. The van der Waals surface area contributed by atoms with Gasteiger partial charge in [-0.2, -0.15) is 5.26 Å². The summed E-state index contributed by atoms with van der Waals surface area (Å²) in [4.78, 5) is 2.44. The summed E-state index contributed by atoms with van der Waals surface area (Å²) < 4.78 is 0. The lowest BCUT2D eigenvalue weighted by atomic mass is 10.1. The van der Waals surface area contributed by atoms with Crippen molar-refractivity contribution in [2.75, 3.05) is 13.1 Å². The van der Waals surface area contributed by atoms with E-state index in [1.807, 2.05) is 18.2 Å². The number of hydrogen-bond donors (Lipinski definition) is 0. The Morgan fingerprint density at radius 1 is 1.35 bits per heavy atom. The Bertz CT molecular complexity index is 379. The van der Waals surface area contributed by atoms with E-state index >= 15 is 0 Å². The van der Waals surface area contributed by atoms with Gasteiger partial charge in [-0.1, -0.05) is 39.3 Å². The van der Waals surface area contributed by atoms with Gasteiger partial charge < -0.3 is 0 Å². The van der Waals surface area contributed by atoms with Crippen LogP contribution in [0.2, 0.25) is 0 Å². The molecule has 1 rings (SSSR count). The van der Waals surface area contributed by atoms with Gasteiger partial charge >= 0.3 is 0 Å². The molecule has 0 saturated heterocycles. The predicted octanol–water partition coefficient (Wildman–Crippen LogP) is 3.43. The SMILES string of the molecule is CCC(C)CN(CC)Cc1cccc(C#N)c1. The van der Waals surface area contributed by atoms with Gasteiger partial charge in [0.15, 0.2) is 0 Å². The third-order valence-corrected chi connectivity index (χ3v) is 3.18. The van der Waals surface area contributed by atoms with E-state index in [0.29, 0.717) is 0 Å². The highest BCUT2D eigenvalue weighted by Gasteiger charge is 2.08. The van der Waals surface area contributed by atoms with Gasteiger partial charge in [0, 0.05) is 13.1 Å². The van der Waals surface area contributed by atoms with E-state index in [0.717, 1.165) is 31.1 Å². The Kier molecular flexibility index (Phi) is 5.72. The molecule has 0 radical (unpaired) electrons. The minimum Gasteiger partial charge on any atom is -0.299 e. The number of hydrogen-bond acceptors (Lipinski definition) is 2. The van der Waals surface area contributed by atoms with Crippen LogP contribution >= 0.6 is 0 Å². The van der Waals surface area contributed by atoms with Crippen LogP contribution in [0.1, 0.15) is 38.3 Å². The smallest absolute Gasteiger partial charge is 0.0991 e. The van der Waals surface area contributed by atoms with Gasteiger partial charge in [0.05, 0.1) is 11.6 Å². The molecule has 1 unspecified atom stereocenters. The predicted molar refractivity (Wildman–Crippen MR) is 71.6 cm³/mol. The average molecular weight is 230 g/mol. The molecule has 0 aliphatic rings. The Morgan fingerprint density at radius 3 is 2.71 bits per heavy atom. The zero-order valence-corrected chi connectivity index (χ0v) is 11.1. The van der Waals surface area contributed by atoms with Gasteiger partial charge in [0.1, 0.15) is 0 Å². The Labute approximate surface area is 105 Å². The summed E-state index contributed by atoms with van der Waals surface area (Å²) in [5.41, 5.74) is 1.98. The lowest BCUT2D eigenvalue weighted by Gasteiger charge is -2.23. The molecule has 0 amide bonds. The van der Waals surface area contributed by atoms with Crippen molar-refractivity contribution in [1.82, 2.24) is 4.90 Å². The maximum absolute atomic E-state index is 8.87. The van der Waals surface area contributed by atoms with Crippen LogP contribution in [0.5, 0.6) is 0 Å². The second-order valence-electron chi connectivity index (χ2n) is 4.65. The quantitative estimate of drug-likeness (QED) is 0.748. The van der Waals surface area contributed by atoms with Crippen LogP contribution in [0.4, 0.5) is 0 Å². The molecule has 2 nitrogen and oxygen atoms in total. The molecule has 0 bridgehead atoms. The van der Waals surface area contributed by atoms with Crippen molar-refractivity contribution in [3.05, 3.63) is 35.4 Å². The van der Waals surface area contributed by atoms with Gasteiger partial charge in [-0.15, -0.1) is 0 Å². The summed E-state index contributed by atoms with van der Waals surface area (Å²) in [5, 5.41) is 8.87. The molecule has 0 aliphatic carbocycles. The Hall–Kier alpha value is -1.33. The topological polar surface area (TPSA) is 27.0 Å². The second kappa shape index (κ2) is 7.09. The second-order valence-corrected chi connectivity index (χ2v) is 4.65. The zero-order chi connectivity index (χ0) is 12.7. The number of nitrogens with zero attached hydrogens (tertiary/aromatic N) is 2. The van der Waals surface area contributed by atoms with Crippen molar-refractivity contribution in [1.29, 1.82) is 5.26 Å². The minimum absolute atomic E-state index is 0.731. The van der Waals surface area contributed by atoms with Crippen molar-refractivity contribution in [2.24, 2.45) is 5.92 Å². The van der Waals surface area contributed by atoms with Crippen LogP contribution in [0.25, 0.3) is 0 Å². The van der Waals surface area contributed by atoms with Crippen molar-refractivity contribution in [2.45, 2.75) is 33.7 Å². The summed E-state index contributed by atoms with van der Waals surface area (Å²) in [5.74, 6) is 0.731. The molecule has 0 N–H and O–H groups in total. The summed E-state index contributed by atoms with van der Waals surface area (Å²) in [6.07, 6.45) is 1.22. The van der Waals surface area contributed by atoms with Gasteiger partial charge in [0.2, 0.25) is 0 Å². The van der Waals surface area contributed by atoms with E-state index < -0.39 is 0 Å². The van der Waals surface area contributed by atoms with Gasteiger partial charge in [-0.05, 0) is 30.2 Å². The first-order valence-corrected chi connectivity index (χ1v) is 6.41. The van der Waals surface area contributed by atoms with Gasteiger partial charge in [-0.25, -0.2) is 0 Å². The molecule has 0 saturated carbocycles. The highest BCUT2D eigenvalue weighted by molar-refractivity contribution is 5.32. The minimum atomic E-state index is 0.731. The fraction of sp³-hybridized carbons (Fsp3) is 0.533. The number of benzene rings is 1. The molecule has 0 aliphatic heterocycles. The van der Waals surface area contributed by atoms with Crippen molar-refractivity contribution >= 4 is 0 Å². The average Bonchev–Trinajstić information content (AvgIpc) is 2.37. The summed E-state index contributed by atoms with van der Waals surface area (Å²) >= 11 is 0. The summed E-state index contributed by atoms with van der Waals surface area (Å²) in [6, 6.07) is 10.1. The largest absolute Gasteiger partial charge is 0.299 e. The van der Waals surface area contributed by atoms with E-state index in [1.165, 1.54) is 12.0 Å². The normalized spacial score (nSPS) is 12.4. The molecule has 1 aromatic rings. The molecule has 0 fully saturated rings. The number of nitriles is 1.